The molecule has 3 fully saturated rings. The predicted molar refractivity (Wildman–Crippen MR) is 129 cm³/mol. The summed E-state index contributed by atoms with van der Waals surface area (Å²) in [6.45, 7) is 7.23. The zero-order valence-corrected chi connectivity index (χ0v) is 20.2. The van der Waals surface area contributed by atoms with Crippen LogP contribution in [0.4, 0.5) is 5.00 Å². The molecule has 5 rings (SSSR count). The zero-order chi connectivity index (χ0) is 23.2. The highest BCUT2D eigenvalue weighted by Gasteiger charge is 2.54. The number of hydrogen-bond donors (Lipinski definition) is 1. The van der Waals surface area contributed by atoms with Crippen molar-refractivity contribution in [2.24, 2.45) is 5.41 Å². The Labute approximate surface area is 198 Å². The van der Waals surface area contributed by atoms with Crippen LogP contribution in [-0.4, -0.2) is 64.5 Å². The molecule has 3 aliphatic rings. The second kappa shape index (κ2) is 8.40. The third kappa shape index (κ3) is 4.26. The lowest BCUT2D eigenvalue weighted by Crippen LogP contribution is -2.53. The van der Waals surface area contributed by atoms with Crippen molar-refractivity contribution in [2.45, 2.75) is 57.6 Å². The number of carbonyl (C=O) groups is 2. The van der Waals surface area contributed by atoms with Crippen LogP contribution in [0.1, 0.15) is 56.3 Å². The molecule has 1 amide bonds. The maximum absolute atomic E-state index is 13.2. The molecule has 0 bridgehead atoms. The van der Waals surface area contributed by atoms with E-state index >= 15 is 0 Å². The number of thiophene rings is 1. The van der Waals surface area contributed by atoms with Crippen molar-refractivity contribution in [2.75, 3.05) is 31.9 Å². The summed E-state index contributed by atoms with van der Waals surface area (Å²) in [4.78, 5) is 35.5. The number of carbonyl (C=O) groups excluding carboxylic acids is 2. The highest BCUT2D eigenvalue weighted by molar-refractivity contribution is 7.19. The van der Waals surface area contributed by atoms with Gasteiger partial charge in [0.2, 0.25) is 0 Å². The van der Waals surface area contributed by atoms with Crippen molar-refractivity contribution in [3.63, 3.8) is 0 Å². The number of hydrogen-bond acceptors (Lipinski definition) is 7. The smallest absolute Gasteiger partial charge is 0.314 e. The fraction of sp³-hybridized carbons (Fsp3) is 0.560. The lowest BCUT2D eigenvalue weighted by atomic mass is 9.74. The number of anilines is 1. The van der Waals surface area contributed by atoms with E-state index in [0.717, 1.165) is 55.6 Å². The summed E-state index contributed by atoms with van der Waals surface area (Å²) < 4.78 is 5.69. The van der Waals surface area contributed by atoms with E-state index in [0.29, 0.717) is 29.7 Å². The summed E-state index contributed by atoms with van der Waals surface area (Å²) in [7, 11) is 0. The maximum Gasteiger partial charge on any atom is 0.314 e. The summed E-state index contributed by atoms with van der Waals surface area (Å²) in [5, 5.41) is 0.557. The Morgan fingerprint density at radius 2 is 2.06 bits per heavy atom. The Balaban J connectivity index is 1.22. The number of ether oxygens (including phenoxy) is 1. The predicted octanol–water partition coefficient (Wildman–Crippen LogP) is 3.80. The molecule has 3 saturated heterocycles. The van der Waals surface area contributed by atoms with E-state index < -0.39 is 0 Å². The van der Waals surface area contributed by atoms with Gasteiger partial charge in [-0.2, -0.15) is 0 Å². The van der Waals surface area contributed by atoms with Crippen LogP contribution in [0.5, 0.6) is 0 Å². The molecular weight excluding hydrogens is 436 g/mol. The quantitative estimate of drug-likeness (QED) is 0.689. The van der Waals surface area contributed by atoms with Gasteiger partial charge in [0.1, 0.15) is 5.60 Å². The molecule has 2 aromatic heterocycles. The largest absolute Gasteiger partial charge is 0.459 e. The normalized spacial score (nSPS) is 26.0. The minimum absolute atomic E-state index is 0.00794. The molecule has 8 heteroatoms. The van der Waals surface area contributed by atoms with E-state index in [4.69, 9.17) is 10.5 Å². The summed E-state index contributed by atoms with van der Waals surface area (Å²) in [5.41, 5.74) is 7.06. The van der Waals surface area contributed by atoms with E-state index in [2.05, 4.69) is 9.88 Å². The minimum atomic E-state index is -0.370. The molecule has 0 aliphatic carbocycles. The first-order valence-corrected chi connectivity index (χ1v) is 12.6. The molecule has 7 nitrogen and oxygen atoms in total. The Morgan fingerprint density at radius 3 is 2.73 bits per heavy atom. The lowest BCUT2D eigenvalue weighted by Gasteiger charge is -2.44. The number of likely N-dealkylation sites (tertiary alicyclic amines) is 2. The Bertz CT molecular complexity index is 1050. The standard InChI is InChI=1S/C25H32N4O3S/c1-24(2)15-25(23(31)32-24)8-4-10-29(16-25)18-6-11-28(12-7-18)22(30)19-13-20(33-21(19)26)17-5-3-9-27-14-17/h3,5,9,13-14,18H,4,6-8,10-12,15-16,26H2,1-2H3. The van der Waals surface area contributed by atoms with Gasteiger partial charge in [-0.15, -0.1) is 11.3 Å². The molecular formula is C25H32N4O3S. The SMILES string of the molecule is CC1(C)CC2(CCCN(C3CCN(C(=O)c4cc(-c5cccnc5)sc4N)CC3)C2)C(=O)O1. The van der Waals surface area contributed by atoms with E-state index in [1.165, 1.54) is 11.3 Å². The molecule has 1 spiro atoms. The van der Waals surface area contributed by atoms with Gasteiger partial charge in [-0.25, -0.2) is 0 Å². The van der Waals surface area contributed by atoms with Gasteiger partial charge in [-0.3, -0.25) is 19.5 Å². The van der Waals surface area contributed by atoms with Gasteiger partial charge in [0.25, 0.3) is 5.91 Å². The Hall–Kier alpha value is -2.45. The average Bonchev–Trinajstić information content (AvgIpc) is 3.30. The van der Waals surface area contributed by atoms with Crippen LogP contribution in [0.2, 0.25) is 0 Å². The fourth-order valence-electron chi connectivity index (χ4n) is 5.90. The molecule has 176 valence electrons. The number of pyridine rings is 1. The van der Waals surface area contributed by atoms with Crippen molar-refractivity contribution >= 4 is 28.2 Å². The van der Waals surface area contributed by atoms with E-state index in [1.54, 1.807) is 12.4 Å². The third-order valence-electron chi connectivity index (χ3n) is 7.38. The summed E-state index contributed by atoms with van der Waals surface area (Å²) in [5.74, 6) is -0.0178. The number of aromatic nitrogens is 1. The molecule has 33 heavy (non-hydrogen) atoms. The first-order valence-electron chi connectivity index (χ1n) is 11.8. The van der Waals surface area contributed by atoms with Crippen LogP contribution in [0, 0.1) is 5.41 Å². The summed E-state index contributed by atoms with van der Waals surface area (Å²) in [6.07, 6.45) is 8.09. The van der Waals surface area contributed by atoms with E-state index in [-0.39, 0.29) is 22.9 Å². The van der Waals surface area contributed by atoms with Gasteiger partial charge in [0.15, 0.2) is 0 Å². The first-order chi connectivity index (χ1) is 15.8. The van der Waals surface area contributed by atoms with Gasteiger partial charge >= 0.3 is 5.97 Å². The molecule has 0 saturated carbocycles. The van der Waals surface area contributed by atoms with Gasteiger partial charge in [0, 0.05) is 54.9 Å². The number of nitrogen functional groups attached to an aromatic ring is 1. The molecule has 1 unspecified atom stereocenters. The molecule has 0 aromatic carbocycles. The first kappa shape index (κ1) is 22.3. The average molecular weight is 469 g/mol. The molecule has 3 aliphatic heterocycles. The van der Waals surface area contributed by atoms with Crippen molar-refractivity contribution in [1.29, 1.82) is 0 Å². The number of cyclic esters (lactones) is 1. The fourth-order valence-corrected chi connectivity index (χ4v) is 6.81. The number of esters is 1. The van der Waals surface area contributed by atoms with E-state index in [1.807, 2.05) is 36.9 Å². The van der Waals surface area contributed by atoms with Crippen LogP contribution in [0.15, 0.2) is 30.6 Å². The van der Waals surface area contributed by atoms with E-state index in [9.17, 15) is 9.59 Å². The van der Waals surface area contributed by atoms with Crippen molar-refractivity contribution in [3.05, 3.63) is 36.2 Å². The second-order valence-electron chi connectivity index (χ2n) is 10.3. The lowest BCUT2D eigenvalue weighted by molar-refractivity contribution is -0.154. The van der Waals surface area contributed by atoms with Crippen LogP contribution in [-0.2, 0) is 9.53 Å². The third-order valence-corrected chi connectivity index (χ3v) is 8.39. The van der Waals surface area contributed by atoms with Gasteiger partial charge in [0.05, 0.1) is 16.0 Å². The highest BCUT2D eigenvalue weighted by atomic mass is 32.1. The number of nitrogens with two attached hydrogens (primary N) is 1. The molecule has 2 aromatic rings. The number of nitrogens with zero attached hydrogens (tertiary/aromatic N) is 3. The van der Waals surface area contributed by atoms with Crippen LogP contribution >= 0.6 is 11.3 Å². The number of amides is 1. The number of piperidine rings is 2. The highest BCUT2D eigenvalue weighted by Crippen LogP contribution is 2.46. The maximum atomic E-state index is 13.2. The molecule has 0 radical (unpaired) electrons. The topological polar surface area (TPSA) is 88.8 Å². The summed E-state index contributed by atoms with van der Waals surface area (Å²) in [6, 6.07) is 6.15. The van der Waals surface area contributed by atoms with Crippen LogP contribution in [0.3, 0.4) is 0 Å². The Morgan fingerprint density at radius 1 is 1.27 bits per heavy atom. The summed E-state index contributed by atoms with van der Waals surface area (Å²) >= 11 is 1.43. The van der Waals surface area contributed by atoms with Crippen molar-refractivity contribution < 1.29 is 14.3 Å². The zero-order valence-electron chi connectivity index (χ0n) is 19.4. The Kier molecular flexibility index (Phi) is 5.69. The molecule has 1 atom stereocenters. The van der Waals surface area contributed by atoms with Crippen LogP contribution in [0.25, 0.3) is 10.4 Å². The second-order valence-corrected chi connectivity index (χ2v) is 11.4. The van der Waals surface area contributed by atoms with Gasteiger partial charge in [-0.05, 0) is 58.2 Å². The number of rotatable bonds is 3. The molecule has 5 heterocycles. The minimum Gasteiger partial charge on any atom is -0.459 e. The van der Waals surface area contributed by atoms with Crippen molar-refractivity contribution in [3.8, 4) is 10.4 Å². The monoisotopic (exact) mass is 468 g/mol. The van der Waals surface area contributed by atoms with Crippen LogP contribution < -0.4 is 5.73 Å². The van der Waals surface area contributed by atoms with Crippen molar-refractivity contribution in [1.82, 2.24) is 14.8 Å². The van der Waals surface area contributed by atoms with Gasteiger partial charge < -0.3 is 15.4 Å². The molecule has 2 N–H and O–H groups in total. The van der Waals surface area contributed by atoms with Gasteiger partial charge in [-0.1, -0.05) is 6.07 Å².